The molecule has 9 nitrogen and oxygen atoms in total. The molecule has 2 aromatic rings. The van der Waals surface area contributed by atoms with Gasteiger partial charge in [-0.15, -0.1) is 0 Å². The van der Waals surface area contributed by atoms with E-state index in [4.69, 9.17) is 18.9 Å². The van der Waals surface area contributed by atoms with Crippen LogP contribution < -0.4 is 24.8 Å². The number of ether oxygens (including phenoxy) is 4. The minimum absolute atomic E-state index is 0.283. The van der Waals surface area contributed by atoms with Gasteiger partial charge < -0.3 is 24.3 Å². The molecule has 0 spiro atoms. The summed E-state index contributed by atoms with van der Waals surface area (Å²) in [5.74, 6) is 0.429. The van der Waals surface area contributed by atoms with Crippen LogP contribution in [0.3, 0.4) is 0 Å². The first-order valence-electron chi connectivity index (χ1n) is 8.95. The lowest BCUT2D eigenvalue weighted by molar-refractivity contribution is -0.121. The number of carbonyl (C=O) groups excluding carboxylic acids is 3. The molecule has 1 aliphatic rings. The predicted octanol–water partition coefficient (Wildman–Crippen LogP) is 2.36. The highest BCUT2D eigenvalue weighted by molar-refractivity contribution is 6.01. The van der Waals surface area contributed by atoms with Crippen LogP contribution in [0.1, 0.15) is 17.3 Å². The Morgan fingerprint density at radius 1 is 1.00 bits per heavy atom. The third kappa shape index (κ3) is 5.61. The molecule has 0 radical (unpaired) electrons. The van der Waals surface area contributed by atoms with Crippen LogP contribution in [0.4, 0.5) is 10.5 Å². The first-order chi connectivity index (χ1) is 14.0. The fourth-order valence-electron chi connectivity index (χ4n) is 2.50. The number of urea groups is 1. The first-order valence-corrected chi connectivity index (χ1v) is 8.95. The SMILES string of the molecule is CCOC(=O)c1ccc(OCC(=O)NC(=O)Nc2ccc3c(c2)OCCO3)cc1. The number of rotatable bonds is 6. The smallest absolute Gasteiger partial charge is 0.338 e. The molecule has 0 saturated heterocycles. The number of fused-ring (bicyclic) bond motifs is 1. The van der Waals surface area contributed by atoms with Crippen molar-refractivity contribution in [2.24, 2.45) is 0 Å². The van der Waals surface area contributed by atoms with Gasteiger partial charge >= 0.3 is 12.0 Å². The molecule has 0 aromatic heterocycles. The average Bonchev–Trinajstić information content (AvgIpc) is 2.72. The molecule has 2 aromatic carbocycles. The van der Waals surface area contributed by atoms with Crippen LogP contribution in [0.15, 0.2) is 42.5 Å². The molecule has 0 unspecified atom stereocenters. The molecule has 3 amide bonds. The molecule has 0 bridgehead atoms. The van der Waals surface area contributed by atoms with Crippen molar-refractivity contribution in [2.75, 3.05) is 31.7 Å². The number of benzene rings is 2. The molecule has 1 aliphatic heterocycles. The van der Waals surface area contributed by atoms with E-state index in [-0.39, 0.29) is 13.2 Å². The summed E-state index contributed by atoms with van der Waals surface area (Å²) >= 11 is 0. The maximum Gasteiger partial charge on any atom is 0.338 e. The minimum Gasteiger partial charge on any atom is -0.486 e. The van der Waals surface area contributed by atoms with Gasteiger partial charge in [0.1, 0.15) is 19.0 Å². The third-order valence-electron chi connectivity index (χ3n) is 3.79. The standard InChI is InChI=1S/C20H20N2O7/c1-2-26-19(24)13-3-6-15(7-4-13)29-12-18(23)22-20(25)21-14-5-8-16-17(11-14)28-10-9-27-16/h3-8,11H,2,9-10,12H2,1H3,(H2,21,22,23,25). The first kappa shape index (κ1) is 20.0. The Morgan fingerprint density at radius 2 is 1.72 bits per heavy atom. The van der Waals surface area contributed by atoms with Gasteiger partial charge in [-0.1, -0.05) is 0 Å². The van der Waals surface area contributed by atoms with Crippen molar-refractivity contribution in [3.63, 3.8) is 0 Å². The summed E-state index contributed by atoms with van der Waals surface area (Å²) in [4.78, 5) is 35.4. The zero-order valence-corrected chi connectivity index (χ0v) is 15.7. The largest absolute Gasteiger partial charge is 0.486 e. The van der Waals surface area contributed by atoms with Crippen molar-refractivity contribution in [1.29, 1.82) is 0 Å². The lowest BCUT2D eigenvalue weighted by Gasteiger charge is -2.19. The van der Waals surface area contributed by atoms with Crippen molar-refractivity contribution >= 4 is 23.6 Å². The molecule has 3 rings (SSSR count). The number of anilines is 1. The summed E-state index contributed by atoms with van der Waals surface area (Å²) in [6, 6.07) is 10.4. The van der Waals surface area contributed by atoms with E-state index in [1.54, 1.807) is 25.1 Å². The van der Waals surface area contributed by atoms with E-state index in [9.17, 15) is 14.4 Å². The maximum absolute atomic E-state index is 12.0. The molecule has 1 heterocycles. The highest BCUT2D eigenvalue weighted by atomic mass is 16.6. The summed E-state index contributed by atoms with van der Waals surface area (Å²) < 4.78 is 21.0. The molecule has 152 valence electrons. The molecule has 2 N–H and O–H groups in total. The van der Waals surface area contributed by atoms with Crippen LogP contribution >= 0.6 is 0 Å². The van der Waals surface area contributed by atoms with Crippen LogP contribution in [-0.2, 0) is 9.53 Å². The summed E-state index contributed by atoms with van der Waals surface area (Å²) in [5.41, 5.74) is 0.831. The number of carbonyl (C=O) groups is 3. The zero-order chi connectivity index (χ0) is 20.6. The molecular formula is C20H20N2O7. The number of hydrogen-bond acceptors (Lipinski definition) is 7. The van der Waals surface area contributed by atoms with Crippen molar-refractivity contribution in [3.8, 4) is 17.2 Å². The van der Waals surface area contributed by atoms with Gasteiger partial charge in [0.25, 0.3) is 5.91 Å². The van der Waals surface area contributed by atoms with Crippen LogP contribution in [0.5, 0.6) is 17.2 Å². The van der Waals surface area contributed by atoms with E-state index in [1.165, 1.54) is 24.3 Å². The lowest BCUT2D eigenvalue weighted by atomic mass is 10.2. The summed E-state index contributed by atoms with van der Waals surface area (Å²) in [5, 5.41) is 4.70. The highest BCUT2D eigenvalue weighted by Crippen LogP contribution is 2.32. The van der Waals surface area contributed by atoms with E-state index in [1.807, 2.05) is 0 Å². The Labute approximate surface area is 166 Å². The number of nitrogens with one attached hydrogen (secondary N) is 2. The van der Waals surface area contributed by atoms with E-state index in [2.05, 4.69) is 10.6 Å². The van der Waals surface area contributed by atoms with E-state index < -0.39 is 17.9 Å². The molecule has 0 atom stereocenters. The normalized spacial score (nSPS) is 11.9. The second-order valence-corrected chi connectivity index (χ2v) is 5.89. The van der Waals surface area contributed by atoms with Crippen molar-refractivity contribution in [2.45, 2.75) is 6.92 Å². The Balaban J connectivity index is 1.45. The van der Waals surface area contributed by atoms with E-state index >= 15 is 0 Å². The van der Waals surface area contributed by atoms with Crippen molar-refractivity contribution in [3.05, 3.63) is 48.0 Å². The zero-order valence-electron chi connectivity index (χ0n) is 15.7. The third-order valence-corrected chi connectivity index (χ3v) is 3.79. The molecule has 0 fully saturated rings. The van der Waals surface area contributed by atoms with E-state index in [0.717, 1.165) is 0 Å². The van der Waals surface area contributed by atoms with Gasteiger partial charge in [-0.25, -0.2) is 9.59 Å². The minimum atomic E-state index is -0.701. The van der Waals surface area contributed by atoms with E-state index in [0.29, 0.717) is 41.7 Å². The van der Waals surface area contributed by atoms with Gasteiger partial charge in [0.05, 0.1) is 12.2 Å². The average molecular weight is 400 g/mol. The van der Waals surface area contributed by atoms with Gasteiger partial charge in [0.2, 0.25) is 0 Å². The van der Waals surface area contributed by atoms with Crippen LogP contribution in [-0.4, -0.2) is 44.3 Å². The fraction of sp³-hybridized carbons (Fsp3) is 0.250. The van der Waals surface area contributed by atoms with Gasteiger partial charge in [-0.05, 0) is 43.3 Å². The van der Waals surface area contributed by atoms with Crippen LogP contribution in [0, 0.1) is 0 Å². The van der Waals surface area contributed by atoms with Gasteiger partial charge in [-0.2, -0.15) is 0 Å². The Kier molecular flexibility index (Phi) is 6.51. The van der Waals surface area contributed by atoms with Gasteiger partial charge in [-0.3, -0.25) is 10.1 Å². The number of hydrogen-bond donors (Lipinski definition) is 2. The van der Waals surface area contributed by atoms with Crippen LogP contribution in [0.2, 0.25) is 0 Å². The summed E-state index contributed by atoms with van der Waals surface area (Å²) in [6.07, 6.45) is 0. The Bertz CT molecular complexity index is 896. The summed E-state index contributed by atoms with van der Waals surface area (Å²) in [7, 11) is 0. The second-order valence-electron chi connectivity index (χ2n) is 5.89. The number of amides is 3. The fourth-order valence-corrected chi connectivity index (χ4v) is 2.50. The lowest BCUT2D eigenvalue weighted by Crippen LogP contribution is -2.37. The second kappa shape index (κ2) is 9.45. The number of imide groups is 1. The molecular weight excluding hydrogens is 380 g/mol. The Morgan fingerprint density at radius 3 is 2.45 bits per heavy atom. The van der Waals surface area contributed by atoms with Crippen molar-refractivity contribution in [1.82, 2.24) is 5.32 Å². The van der Waals surface area contributed by atoms with Gasteiger partial charge in [0.15, 0.2) is 18.1 Å². The molecule has 0 saturated carbocycles. The molecule has 29 heavy (non-hydrogen) atoms. The maximum atomic E-state index is 12.0. The Hall–Kier alpha value is -3.75. The topological polar surface area (TPSA) is 112 Å². The molecule has 9 heteroatoms. The van der Waals surface area contributed by atoms with Gasteiger partial charge in [0, 0.05) is 11.8 Å². The summed E-state index contributed by atoms with van der Waals surface area (Å²) in [6.45, 7) is 2.54. The highest BCUT2D eigenvalue weighted by Gasteiger charge is 2.14. The monoisotopic (exact) mass is 400 g/mol. The number of esters is 1. The van der Waals surface area contributed by atoms with Crippen LogP contribution in [0.25, 0.3) is 0 Å². The molecule has 0 aliphatic carbocycles. The predicted molar refractivity (Wildman–Crippen MR) is 102 cm³/mol. The van der Waals surface area contributed by atoms with Crippen molar-refractivity contribution < 1.29 is 33.3 Å². The quantitative estimate of drug-likeness (QED) is 0.716.